The SMILES string of the molecule is Cc1ncc(C(=O)O)n1Cc1cc(C#N)ccc1F. The smallest absolute Gasteiger partial charge is 0.354 e. The van der Waals surface area contributed by atoms with E-state index in [1.165, 1.54) is 29.0 Å². The third kappa shape index (κ3) is 2.45. The van der Waals surface area contributed by atoms with E-state index in [0.29, 0.717) is 11.4 Å². The summed E-state index contributed by atoms with van der Waals surface area (Å²) in [4.78, 5) is 14.9. The van der Waals surface area contributed by atoms with Crippen LogP contribution in [0.5, 0.6) is 0 Å². The highest BCUT2D eigenvalue weighted by Gasteiger charge is 2.15. The molecule has 5 nitrogen and oxygen atoms in total. The zero-order valence-corrected chi connectivity index (χ0v) is 10.1. The molecular weight excluding hydrogens is 249 g/mol. The minimum absolute atomic E-state index is 0.0146. The lowest BCUT2D eigenvalue weighted by Gasteiger charge is -2.09. The zero-order chi connectivity index (χ0) is 14.0. The quantitative estimate of drug-likeness (QED) is 0.913. The van der Waals surface area contributed by atoms with Gasteiger partial charge in [-0.15, -0.1) is 0 Å². The van der Waals surface area contributed by atoms with E-state index >= 15 is 0 Å². The molecule has 1 aromatic carbocycles. The molecule has 0 radical (unpaired) electrons. The first kappa shape index (κ1) is 12.8. The fraction of sp³-hybridized carbons (Fsp3) is 0.154. The molecular formula is C13H10FN3O2. The molecule has 0 aliphatic carbocycles. The monoisotopic (exact) mass is 259 g/mol. The van der Waals surface area contributed by atoms with Crippen LogP contribution < -0.4 is 0 Å². The maximum Gasteiger partial charge on any atom is 0.354 e. The number of aromatic nitrogens is 2. The van der Waals surface area contributed by atoms with Crippen molar-refractivity contribution in [2.45, 2.75) is 13.5 Å². The normalized spacial score (nSPS) is 10.2. The molecule has 2 aromatic rings. The average molecular weight is 259 g/mol. The molecule has 0 fully saturated rings. The first-order chi connectivity index (χ1) is 9.02. The summed E-state index contributed by atoms with van der Waals surface area (Å²) in [5.74, 6) is -1.14. The number of halogens is 1. The van der Waals surface area contributed by atoms with Gasteiger partial charge in [-0.2, -0.15) is 5.26 Å². The van der Waals surface area contributed by atoms with E-state index in [2.05, 4.69) is 4.98 Å². The summed E-state index contributed by atoms with van der Waals surface area (Å²) in [5, 5.41) is 17.8. The number of benzene rings is 1. The van der Waals surface area contributed by atoms with E-state index in [1.807, 2.05) is 6.07 Å². The Morgan fingerprint density at radius 2 is 2.32 bits per heavy atom. The number of carboxylic acid groups (broad SMARTS) is 1. The highest BCUT2D eigenvalue weighted by Crippen LogP contribution is 2.15. The summed E-state index contributed by atoms with van der Waals surface area (Å²) in [6, 6.07) is 5.89. The molecule has 0 aliphatic heterocycles. The summed E-state index contributed by atoms with van der Waals surface area (Å²) in [6.07, 6.45) is 1.23. The zero-order valence-electron chi connectivity index (χ0n) is 10.1. The number of hydrogen-bond acceptors (Lipinski definition) is 3. The van der Waals surface area contributed by atoms with Crippen molar-refractivity contribution in [1.82, 2.24) is 9.55 Å². The van der Waals surface area contributed by atoms with E-state index in [-0.39, 0.29) is 17.8 Å². The lowest BCUT2D eigenvalue weighted by Crippen LogP contribution is -2.12. The van der Waals surface area contributed by atoms with Crippen LogP contribution in [-0.4, -0.2) is 20.6 Å². The summed E-state index contributed by atoms with van der Waals surface area (Å²) in [7, 11) is 0. The van der Waals surface area contributed by atoms with E-state index in [0.717, 1.165) is 0 Å². The molecule has 6 heteroatoms. The topological polar surface area (TPSA) is 78.9 Å². The van der Waals surface area contributed by atoms with Crippen molar-refractivity contribution < 1.29 is 14.3 Å². The van der Waals surface area contributed by atoms with E-state index in [4.69, 9.17) is 10.4 Å². The van der Waals surface area contributed by atoms with Gasteiger partial charge >= 0.3 is 5.97 Å². The van der Waals surface area contributed by atoms with Gasteiger partial charge in [0.15, 0.2) is 0 Å². The lowest BCUT2D eigenvalue weighted by atomic mass is 10.1. The Kier molecular flexibility index (Phi) is 3.29. The minimum atomic E-state index is -1.13. The van der Waals surface area contributed by atoms with Crippen LogP contribution in [0.2, 0.25) is 0 Å². The number of aromatic carboxylic acids is 1. The number of aryl methyl sites for hydroxylation is 1. The highest BCUT2D eigenvalue weighted by atomic mass is 19.1. The molecule has 0 saturated carbocycles. The van der Waals surface area contributed by atoms with Gasteiger partial charge in [0, 0.05) is 5.56 Å². The number of carbonyl (C=O) groups is 1. The minimum Gasteiger partial charge on any atom is -0.477 e. The van der Waals surface area contributed by atoms with Gasteiger partial charge in [-0.25, -0.2) is 14.2 Å². The van der Waals surface area contributed by atoms with Crippen LogP contribution in [0.1, 0.15) is 27.4 Å². The van der Waals surface area contributed by atoms with Gasteiger partial charge in [-0.1, -0.05) is 0 Å². The van der Waals surface area contributed by atoms with Crippen LogP contribution in [-0.2, 0) is 6.54 Å². The molecule has 1 N–H and O–H groups in total. The van der Waals surface area contributed by atoms with Gasteiger partial charge in [-0.05, 0) is 25.1 Å². The number of imidazole rings is 1. The molecule has 1 heterocycles. The van der Waals surface area contributed by atoms with E-state index in [1.54, 1.807) is 6.92 Å². The molecule has 19 heavy (non-hydrogen) atoms. The fourth-order valence-electron chi connectivity index (χ4n) is 1.77. The Hall–Kier alpha value is -2.68. The molecule has 0 spiro atoms. The largest absolute Gasteiger partial charge is 0.477 e. The van der Waals surface area contributed by atoms with Gasteiger partial charge in [0.2, 0.25) is 0 Å². The van der Waals surface area contributed by atoms with Crippen LogP contribution >= 0.6 is 0 Å². The molecule has 0 unspecified atom stereocenters. The second-order valence-corrected chi connectivity index (χ2v) is 4.00. The van der Waals surface area contributed by atoms with Gasteiger partial charge in [0.1, 0.15) is 17.3 Å². The lowest BCUT2D eigenvalue weighted by molar-refractivity contribution is 0.0685. The Bertz CT molecular complexity index is 686. The number of nitriles is 1. The van der Waals surface area contributed by atoms with Crippen molar-refractivity contribution in [3.05, 3.63) is 52.9 Å². The van der Waals surface area contributed by atoms with Crippen LogP contribution in [0.4, 0.5) is 4.39 Å². The van der Waals surface area contributed by atoms with Crippen molar-refractivity contribution in [2.24, 2.45) is 0 Å². The van der Waals surface area contributed by atoms with Crippen molar-refractivity contribution in [2.75, 3.05) is 0 Å². The number of nitrogens with zero attached hydrogens (tertiary/aromatic N) is 3. The number of carboxylic acids is 1. The molecule has 0 bridgehead atoms. The Labute approximate surface area is 108 Å². The maximum atomic E-state index is 13.7. The van der Waals surface area contributed by atoms with Gasteiger partial charge in [0.25, 0.3) is 0 Å². The summed E-state index contributed by atoms with van der Waals surface area (Å²) >= 11 is 0. The van der Waals surface area contributed by atoms with Crippen LogP contribution in [0.25, 0.3) is 0 Å². The summed E-state index contributed by atoms with van der Waals surface area (Å²) < 4.78 is 15.1. The Balaban J connectivity index is 2.44. The van der Waals surface area contributed by atoms with Crippen molar-refractivity contribution in [1.29, 1.82) is 5.26 Å². The number of rotatable bonds is 3. The fourth-order valence-corrected chi connectivity index (χ4v) is 1.77. The third-order valence-corrected chi connectivity index (χ3v) is 2.78. The van der Waals surface area contributed by atoms with Gasteiger partial charge < -0.3 is 9.67 Å². The van der Waals surface area contributed by atoms with Gasteiger partial charge in [-0.3, -0.25) is 0 Å². The van der Waals surface area contributed by atoms with E-state index < -0.39 is 11.8 Å². The third-order valence-electron chi connectivity index (χ3n) is 2.78. The summed E-state index contributed by atoms with van der Waals surface area (Å²) in [6.45, 7) is 1.66. The molecule has 96 valence electrons. The average Bonchev–Trinajstić information content (AvgIpc) is 2.74. The molecule has 0 saturated heterocycles. The molecule has 1 aromatic heterocycles. The Morgan fingerprint density at radius 1 is 1.58 bits per heavy atom. The van der Waals surface area contributed by atoms with Crippen LogP contribution in [0.3, 0.4) is 0 Å². The van der Waals surface area contributed by atoms with Crippen molar-refractivity contribution in [3.63, 3.8) is 0 Å². The van der Waals surface area contributed by atoms with Crippen LogP contribution in [0, 0.1) is 24.1 Å². The van der Waals surface area contributed by atoms with Crippen molar-refractivity contribution in [3.8, 4) is 6.07 Å². The highest BCUT2D eigenvalue weighted by molar-refractivity contribution is 5.85. The van der Waals surface area contributed by atoms with Crippen molar-refractivity contribution >= 4 is 5.97 Å². The van der Waals surface area contributed by atoms with Gasteiger partial charge in [0.05, 0.1) is 24.4 Å². The maximum absolute atomic E-state index is 13.7. The second kappa shape index (κ2) is 4.90. The summed E-state index contributed by atoms with van der Waals surface area (Å²) in [5.41, 5.74) is 0.563. The Morgan fingerprint density at radius 3 is 2.95 bits per heavy atom. The standard InChI is InChI=1S/C13H10FN3O2/c1-8-16-6-12(13(18)19)17(8)7-10-4-9(5-15)2-3-11(10)14/h2-4,6H,7H2,1H3,(H,18,19). The molecule has 0 aliphatic rings. The molecule has 2 rings (SSSR count). The second-order valence-electron chi connectivity index (χ2n) is 4.00. The predicted octanol–water partition coefficient (Wildman–Crippen LogP) is 1.95. The van der Waals surface area contributed by atoms with E-state index in [9.17, 15) is 9.18 Å². The first-order valence-corrected chi connectivity index (χ1v) is 5.47. The van der Waals surface area contributed by atoms with Crippen LogP contribution in [0.15, 0.2) is 24.4 Å². The molecule has 0 amide bonds. The first-order valence-electron chi connectivity index (χ1n) is 5.47. The number of hydrogen-bond donors (Lipinski definition) is 1. The predicted molar refractivity (Wildman–Crippen MR) is 64.1 cm³/mol. The molecule has 0 atom stereocenters.